The summed E-state index contributed by atoms with van der Waals surface area (Å²) in [5, 5.41) is 35.9. The van der Waals surface area contributed by atoms with Gasteiger partial charge in [-0.3, -0.25) is 9.59 Å². The summed E-state index contributed by atoms with van der Waals surface area (Å²) in [6.45, 7) is 3.06. The first-order chi connectivity index (χ1) is 17.7. The molecule has 0 unspecified atom stereocenters. The zero-order chi connectivity index (χ0) is 26.9. The Bertz CT molecular complexity index is 1450. The topological polar surface area (TPSA) is 163 Å². The second-order valence-electron chi connectivity index (χ2n) is 8.83. The van der Waals surface area contributed by atoms with Gasteiger partial charge in [-0.1, -0.05) is 13.8 Å². The summed E-state index contributed by atoms with van der Waals surface area (Å²) in [6.07, 6.45) is -0.639. The molecule has 5 N–H and O–H groups in total. The van der Waals surface area contributed by atoms with Gasteiger partial charge in [0, 0.05) is 35.2 Å². The molecule has 1 aliphatic heterocycles. The Morgan fingerprint density at radius 3 is 2.51 bits per heavy atom. The number of ether oxygens (including phenoxy) is 1. The van der Waals surface area contributed by atoms with Gasteiger partial charge in [0.15, 0.2) is 5.60 Å². The lowest BCUT2D eigenvalue weighted by molar-refractivity contribution is -0.141. The highest BCUT2D eigenvalue weighted by Crippen LogP contribution is 2.39. The number of rotatable bonds is 9. The molecule has 0 spiro atoms. The lowest BCUT2D eigenvalue weighted by atomic mass is 9.86. The van der Waals surface area contributed by atoms with Crippen LogP contribution in [0, 0.1) is 0 Å². The van der Waals surface area contributed by atoms with Crippen LogP contribution in [0.1, 0.15) is 42.5 Å². The van der Waals surface area contributed by atoms with E-state index in [1.807, 2.05) is 25.1 Å². The maximum Gasteiger partial charge on any atom is 0.404 e. The first-order valence-electron chi connectivity index (χ1n) is 12.0. The van der Waals surface area contributed by atoms with Crippen molar-refractivity contribution in [2.45, 2.75) is 45.4 Å². The Kier molecular flexibility index (Phi) is 7.19. The third-order valence-corrected chi connectivity index (χ3v) is 6.90. The van der Waals surface area contributed by atoms with Gasteiger partial charge in [-0.15, -0.1) is 0 Å². The first kappa shape index (κ1) is 26.1. The molecule has 0 aliphatic carbocycles. The second-order valence-corrected chi connectivity index (χ2v) is 8.83. The lowest BCUT2D eigenvalue weighted by Gasteiger charge is -2.28. The van der Waals surface area contributed by atoms with Crippen molar-refractivity contribution in [2.24, 2.45) is 0 Å². The van der Waals surface area contributed by atoms with E-state index in [1.165, 1.54) is 4.57 Å². The molecule has 4 rings (SSSR count). The summed E-state index contributed by atoms with van der Waals surface area (Å²) >= 11 is 0. The van der Waals surface area contributed by atoms with Crippen molar-refractivity contribution in [1.29, 1.82) is 0 Å². The number of aromatic nitrogens is 2. The number of carboxylic acid groups (broad SMARTS) is 1. The van der Waals surface area contributed by atoms with Gasteiger partial charge in [-0.2, -0.15) is 0 Å². The van der Waals surface area contributed by atoms with E-state index < -0.39 is 29.8 Å². The molecular weight excluding hydrogens is 480 g/mol. The number of nitrogens with one attached hydrogen (secondary N) is 2. The highest BCUT2D eigenvalue weighted by molar-refractivity contribution is 5.90. The third-order valence-electron chi connectivity index (χ3n) is 6.90. The van der Waals surface area contributed by atoms with Gasteiger partial charge in [0.1, 0.15) is 5.75 Å². The van der Waals surface area contributed by atoms with Gasteiger partial charge in [-0.05, 0) is 42.7 Å². The Morgan fingerprint density at radius 1 is 1.16 bits per heavy atom. The van der Waals surface area contributed by atoms with Crippen molar-refractivity contribution in [3.05, 3.63) is 56.9 Å². The average Bonchev–Trinajstić information content (AvgIpc) is 3.27. The van der Waals surface area contributed by atoms with E-state index in [9.17, 15) is 24.6 Å². The number of benzene rings is 1. The molecule has 3 aromatic rings. The molecule has 2 aromatic heterocycles. The number of hydrogen-bond acceptors (Lipinski definition) is 7. The van der Waals surface area contributed by atoms with Crippen LogP contribution in [0.5, 0.6) is 5.75 Å². The van der Waals surface area contributed by atoms with Crippen molar-refractivity contribution in [2.75, 3.05) is 20.2 Å². The van der Waals surface area contributed by atoms with E-state index in [0.717, 1.165) is 22.0 Å². The van der Waals surface area contributed by atoms with Crippen LogP contribution in [0.4, 0.5) is 4.79 Å². The van der Waals surface area contributed by atoms with E-state index >= 15 is 0 Å². The molecule has 3 heterocycles. The van der Waals surface area contributed by atoms with E-state index in [1.54, 1.807) is 20.1 Å². The number of nitrogens with zero attached hydrogens (tertiary/aromatic N) is 2. The molecule has 0 saturated heterocycles. The van der Waals surface area contributed by atoms with Gasteiger partial charge in [0.2, 0.25) is 0 Å². The molecule has 0 fully saturated rings. The van der Waals surface area contributed by atoms with E-state index in [4.69, 9.17) is 14.8 Å². The highest BCUT2D eigenvalue weighted by atomic mass is 16.5. The summed E-state index contributed by atoms with van der Waals surface area (Å²) in [7, 11) is 1.59. The number of aliphatic hydroxyl groups excluding tert-OH is 1. The number of pyridine rings is 2. The Morgan fingerprint density at radius 2 is 1.89 bits per heavy atom. The molecule has 1 aliphatic rings. The van der Waals surface area contributed by atoms with Crippen molar-refractivity contribution in [3.8, 4) is 17.1 Å². The van der Waals surface area contributed by atoms with Crippen molar-refractivity contribution in [3.63, 3.8) is 0 Å². The van der Waals surface area contributed by atoms with Gasteiger partial charge in [0.25, 0.3) is 11.5 Å². The van der Waals surface area contributed by atoms with Crippen LogP contribution in [0.25, 0.3) is 22.3 Å². The minimum Gasteiger partial charge on any atom is -0.497 e. The molecule has 11 nitrogen and oxygen atoms in total. The van der Waals surface area contributed by atoms with Crippen LogP contribution < -0.4 is 20.9 Å². The summed E-state index contributed by atoms with van der Waals surface area (Å²) in [5.41, 5.74) is 0.923. The van der Waals surface area contributed by atoms with Gasteiger partial charge in [-0.25, -0.2) is 9.78 Å². The van der Waals surface area contributed by atoms with E-state index in [2.05, 4.69) is 10.6 Å². The maximum atomic E-state index is 13.5. The molecule has 0 saturated carbocycles. The fraction of sp³-hybridized carbons (Fsp3) is 0.385. The monoisotopic (exact) mass is 510 g/mol. The summed E-state index contributed by atoms with van der Waals surface area (Å²) in [5.74, 6) is -0.105. The molecule has 0 radical (unpaired) electrons. The second kappa shape index (κ2) is 10.2. The zero-order valence-electron chi connectivity index (χ0n) is 20.9. The Balaban J connectivity index is 1.85. The number of fused-ring (bicyclic) bond motifs is 4. The number of aryl methyl sites for hydroxylation is 1. The van der Waals surface area contributed by atoms with Crippen LogP contribution in [-0.2, 0) is 30.0 Å². The summed E-state index contributed by atoms with van der Waals surface area (Å²) < 4.78 is 6.88. The minimum absolute atomic E-state index is 0.0000277. The molecular formula is C26H30N4O7. The SMILES string of the molecule is CCc1c2c(nc3ccc(OC)cc13)-c1cc([C@@](O)(CC)C(=O)NCCNC(=O)O)c(CO)c(=O)n1C2. The normalized spacial score (nSPS) is 13.5. The fourth-order valence-electron chi connectivity index (χ4n) is 4.95. The number of methoxy groups -OCH3 is 1. The van der Waals surface area contributed by atoms with E-state index in [-0.39, 0.29) is 37.2 Å². The number of amides is 2. The fourth-order valence-corrected chi connectivity index (χ4v) is 4.95. The van der Waals surface area contributed by atoms with Gasteiger partial charge in [0.05, 0.1) is 37.2 Å². The van der Waals surface area contributed by atoms with Crippen LogP contribution in [0.15, 0.2) is 29.1 Å². The standard InChI is InChI=1S/C26H30N4O7/c1-4-15-16-10-14(37-3)6-7-20(16)29-22-17(15)12-30-21(22)11-19(18(13-31)23(30)32)26(36,5-2)24(33)27-8-9-28-25(34)35/h6-7,10-11,28,31,36H,4-5,8-9,12-13H2,1-3H3,(H,27,33)(H,34,35)/t26-/m0/s1. The molecule has 11 heteroatoms. The summed E-state index contributed by atoms with van der Waals surface area (Å²) in [4.78, 5) is 42.1. The number of carbonyl (C=O) groups is 2. The third kappa shape index (κ3) is 4.40. The van der Waals surface area contributed by atoms with Crippen molar-refractivity contribution in [1.82, 2.24) is 20.2 Å². The quantitative estimate of drug-likeness (QED) is 0.211. The number of aliphatic hydroxyl groups is 2. The average molecular weight is 511 g/mol. The van der Waals surface area contributed by atoms with Crippen LogP contribution >= 0.6 is 0 Å². The van der Waals surface area contributed by atoms with Crippen molar-refractivity contribution >= 4 is 22.9 Å². The summed E-state index contributed by atoms with van der Waals surface area (Å²) in [6, 6.07) is 7.12. The Labute approximate surface area is 212 Å². The predicted octanol–water partition coefficient (Wildman–Crippen LogP) is 1.47. The first-order valence-corrected chi connectivity index (χ1v) is 12.0. The number of hydrogen-bond donors (Lipinski definition) is 5. The van der Waals surface area contributed by atoms with Crippen LogP contribution in [-0.4, -0.2) is 57.1 Å². The molecule has 37 heavy (non-hydrogen) atoms. The zero-order valence-corrected chi connectivity index (χ0v) is 20.9. The van der Waals surface area contributed by atoms with Crippen LogP contribution in [0.2, 0.25) is 0 Å². The molecule has 196 valence electrons. The molecule has 1 aromatic carbocycles. The van der Waals surface area contributed by atoms with Gasteiger partial charge >= 0.3 is 6.09 Å². The lowest BCUT2D eigenvalue weighted by Crippen LogP contribution is -2.47. The highest BCUT2D eigenvalue weighted by Gasteiger charge is 2.40. The van der Waals surface area contributed by atoms with Crippen molar-refractivity contribution < 1.29 is 29.6 Å². The smallest absolute Gasteiger partial charge is 0.404 e. The Hall–Kier alpha value is -3.96. The molecule has 2 amide bonds. The minimum atomic E-state index is -2.13. The molecule has 1 atom stereocenters. The molecule has 0 bridgehead atoms. The predicted molar refractivity (Wildman–Crippen MR) is 136 cm³/mol. The van der Waals surface area contributed by atoms with E-state index in [0.29, 0.717) is 23.6 Å². The van der Waals surface area contributed by atoms with Crippen LogP contribution in [0.3, 0.4) is 0 Å². The largest absolute Gasteiger partial charge is 0.497 e. The van der Waals surface area contributed by atoms with Gasteiger partial charge < -0.3 is 35.3 Å². The number of carbonyl (C=O) groups excluding carboxylic acids is 1. The maximum absolute atomic E-state index is 13.5.